The number of unbranched alkanes of at least 4 members (excludes halogenated alkanes) is 1. The fourth-order valence-corrected chi connectivity index (χ4v) is 1.87. The van der Waals surface area contributed by atoms with E-state index in [4.69, 9.17) is 17.3 Å². The van der Waals surface area contributed by atoms with Crippen LogP contribution >= 0.6 is 11.6 Å². The van der Waals surface area contributed by atoms with Gasteiger partial charge in [0, 0.05) is 6.54 Å². The summed E-state index contributed by atoms with van der Waals surface area (Å²) in [6.07, 6.45) is 3.68. The topological polar surface area (TPSA) is 38.0 Å². The van der Waals surface area contributed by atoms with Gasteiger partial charge in [0.15, 0.2) is 0 Å². The number of halogens is 1. The van der Waals surface area contributed by atoms with Crippen LogP contribution in [0.3, 0.4) is 0 Å². The Kier molecular flexibility index (Phi) is 5.47. The number of hydrogen-bond donors (Lipinski definition) is 2. The summed E-state index contributed by atoms with van der Waals surface area (Å²) in [5, 5.41) is 4.00. The van der Waals surface area contributed by atoms with Gasteiger partial charge in [-0.3, -0.25) is 0 Å². The molecule has 0 fully saturated rings. The first-order valence-electron chi connectivity index (χ1n) is 5.89. The molecule has 0 amide bonds. The predicted octanol–water partition coefficient (Wildman–Crippen LogP) is 4.16. The first-order valence-corrected chi connectivity index (χ1v) is 6.27. The Labute approximate surface area is 103 Å². The summed E-state index contributed by atoms with van der Waals surface area (Å²) in [6, 6.07) is 5.58. The summed E-state index contributed by atoms with van der Waals surface area (Å²) in [7, 11) is 0. The SMILES string of the molecule is CC(C)CCCCNc1c(N)cccc1Cl. The van der Waals surface area contributed by atoms with Gasteiger partial charge in [0.2, 0.25) is 0 Å². The van der Waals surface area contributed by atoms with Crippen molar-refractivity contribution in [1.82, 2.24) is 0 Å². The van der Waals surface area contributed by atoms with Gasteiger partial charge in [0.25, 0.3) is 0 Å². The summed E-state index contributed by atoms with van der Waals surface area (Å²) in [6.45, 7) is 5.43. The van der Waals surface area contributed by atoms with Crippen molar-refractivity contribution in [2.24, 2.45) is 5.92 Å². The molecule has 0 saturated heterocycles. The Bertz CT molecular complexity index is 303. The summed E-state index contributed by atoms with van der Waals surface area (Å²) < 4.78 is 0. The van der Waals surface area contributed by atoms with E-state index in [1.807, 2.05) is 18.2 Å². The number of nitrogens with two attached hydrogens (primary N) is 1. The van der Waals surface area contributed by atoms with Crippen LogP contribution < -0.4 is 11.1 Å². The molecule has 0 radical (unpaired) electrons. The number of para-hydroxylation sites is 1. The highest BCUT2D eigenvalue weighted by atomic mass is 35.5. The molecule has 0 aliphatic rings. The van der Waals surface area contributed by atoms with Crippen LogP contribution in [0.15, 0.2) is 18.2 Å². The van der Waals surface area contributed by atoms with Crippen LogP contribution in [-0.4, -0.2) is 6.54 Å². The van der Waals surface area contributed by atoms with Gasteiger partial charge in [-0.2, -0.15) is 0 Å². The molecular formula is C13H21ClN2. The van der Waals surface area contributed by atoms with Crippen LogP contribution in [-0.2, 0) is 0 Å². The highest BCUT2D eigenvalue weighted by molar-refractivity contribution is 6.33. The smallest absolute Gasteiger partial charge is 0.0763 e. The molecule has 1 rings (SSSR count). The van der Waals surface area contributed by atoms with Crippen molar-refractivity contribution in [2.45, 2.75) is 33.1 Å². The molecule has 1 aromatic carbocycles. The molecule has 3 heteroatoms. The van der Waals surface area contributed by atoms with Gasteiger partial charge < -0.3 is 11.1 Å². The number of nitrogens with one attached hydrogen (secondary N) is 1. The Morgan fingerprint density at radius 3 is 2.69 bits per heavy atom. The quantitative estimate of drug-likeness (QED) is 0.579. The molecule has 2 nitrogen and oxygen atoms in total. The van der Waals surface area contributed by atoms with Crippen molar-refractivity contribution in [3.8, 4) is 0 Å². The van der Waals surface area contributed by atoms with Crippen molar-refractivity contribution in [2.75, 3.05) is 17.6 Å². The first-order chi connectivity index (χ1) is 7.61. The Morgan fingerprint density at radius 2 is 2.06 bits per heavy atom. The van der Waals surface area contributed by atoms with Crippen molar-refractivity contribution in [3.05, 3.63) is 23.2 Å². The molecule has 1 aromatic rings. The zero-order valence-electron chi connectivity index (χ0n) is 10.1. The van der Waals surface area contributed by atoms with E-state index in [1.165, 1.54) is 12.8 Å². The maximum Gasteiger partial charge on any atom is 0.0763 e. The van der Waals surface area contributed by atoms with E-state index in [1.54, 1.807) is 0 Å². The second-order valence-electron chi connectivity index (χ2n) is 4.52. The van der Waals surface area contributed by atoms with Crippen molar-refractivity contribution in [1.29, 1.82) is 0 Å². The number of benzene rings is 1. The zero-order valence-corrected chi connectivity index (χ0v) is 10.8. The maximum absolute atomic E-state index is 6.05. The third-order valence-electron chi connectivity index (χ3n) is 2.56. The third-order valence-corrected chi connectivity index (χ3v) is 2.87. The van der Waals surface area contributed by atoms with Gasteiger partial charge in [-0.1, -0.05) is 44.4 Å². The van der Waals surface area contributed by atoms with Gasteiger partial charge in [-0.05, 0) is 24.5 Å². The second kappa shape index (κ2) is 6.64. The van der Waals surface area contributed by atoms with Gasteiger partial charge in [0.1, 0.15) is 0 Å². The van der Waals surface area contributed by atoms with E-state index in [9.17, 15) is 0 Å². The second-order valence-corrected chi connectivity index (χ2v) is 4.93. The van der Waals surface area contributed by atoms with Crippen LogP contribution in [0.25, 0.3) is 0 Å². The molecule has 90 valence electrons. The van der Waals surface area contributed by atoms with E-state index in [-0.39, 0.29) is 0 Å². The van der Waals surface area contributed by atoms with Crippen LogP contribution in [0.1, 0.15) is 33.1 Å². The predicted molar refractivity (Wildman–Crippen MR) is 73.0 cm³/mol. The van der Waals surface area contributed by atoms with Crippen molar-refractivity contribution in [3.63, 3.8) is 0 Å². The number of hydrogen-bond acceptors (Lipinski definition) is 2. The van der Waals surface area contributed by atoms with Gasteiger partial charge in [0.05, 0.1) is 16.4 Å². The number of anilines is 2. The summed E-state index contributed by atoms with van der Waals surface area (Å²) in [4.78, 5) is 0. The normalized spacial score (nSPS) is 10.8. The van der Waals surface area contributed by atoms with Gasteiger partial charge in [-0.15, -0.1) is 0 Å². The number of nitrogen functional groups attached to an aromatic ring is 1. The molecule has 0 saturated carbocycles. The third kappa shape index (κ3) is 4.31. The molecule has 0 aliphatic carbocycles. The summed E-state index contributed by atoms with van der Waals surface area (Å²) >= 11 is 6.05. The standard InChI is InChI=1S/C13H21ClN2/c1-10(2)6-3-4-9-16-13-11(14)7-5-8-12(13)15/h5,7-8,10,16H,3-4,6,9,15H2,1-2H3. The van der Waals surface area contributed by atoms with Crippen LogP contribution in [0.2, 0.25) is 5.02 Å². The fourth-order valence-electron chi connectivity index (χ4n) is 1.62. The zero-order chi connectivity index (χ0) is 12.0. The average Bonchev–Trinajstić information content (AvgIpc) is 2.21. The minimum atomic E-state index is 0.698. The van der Waals surface area contributed by atoms with Crippen LogP contribution in [0, 0.1) is 5.92 Å². The molecule has 0 aromatic heterocycles. The average molecular weight is 241 g/mol. The number of rotatable bonds is 6. The van der Waals surface area contributed by atoms with Crippen LogP contribution in [0.5, 0.6) is 0 Å². The van der Waals surface area contributed by atoms with E-state index in [2.05, 4.69) is 19.2 Å². The van der Waals surface area contributed by atoms with Gasteiger partial charge >= 0.3 is 0 Å². The lowest BCUT2D eigenvalue weighted by atomic mass is 10.1. The molecule has 0 aliphatic heterocycles. The molecular weight excluding hydrogens is 220 g/mol. The lowest BCUT2D eigenvalue weighted by Gasteiger charge is -2.11. The molecule has 0 atom stereocenters. The van der Waals surface area contributed by atoms with E-state index in [0.29, 0.717) is 5.02 Å². The summed E-state index contributed by atoms with van der Waals surface area (Å²) in [5.74, 6) is 0.783. The van der Waals surface area contributed by atoms with E-state index >= 15 is 0 Å². The molecule has 3 N–H and O–H groups in total. The minimum absolute atomic E-state index is 0.698. The van der Waals surface area contributed by atoms with Crippen molar-refractivity contribution < 1.29 is 0 Å². The highest BCUT2D eigenvalue weighted by Crippen LogP contribution is 2.27. The van der Waals surface area contributed by atoms with Crippen molar-refractivity contribution >= 4 is 23.0 Å². The Hall–Kier alpha value is -0.890. The molecule has 0 bridgehead atoms. The largest absolute Gasteiger partial charge is 0.397 e. The maximum atomic E-state index is 6.05. The lowest BCUT2D eigenvalue weighted by molar-refractivity contribution is 0.545. The summed E-state index contributed by atoms with van der Waals surface area (Å²) in [5.41, 5.74) is 7.43. The Balaban J connectivity index is 2.32. The van der Waals surface area contributed by atoms with E-state index in [0.717, 1.165) is 30.3 Å². The van der Waals surface area contributed by atoms with Crippen LogP contribution in [0.4, 0.5) is 11.4 Å². The molecule has 0 unspecified atom stereocenters. The Morgan fingerprint density at radius 1 is 1.31 bits per heavy atom. The monoisotopic (exact) mass is 240 g/mol. The highest BCUT2D eigenvalue weighted by Gasteiger charge is 2.02. The first kappa shape index (κ1) is 13.2. The van der Waals surface area contributed by atoms with E-state index < -0.39 is 0 Å². The van der Waals surface area contributed by atoms with Gasteiger partial charge in [-0.25, -0.2) is 0 Å². The molecule has 0 heterocycles. The fraction of sp³-hybridized carbons (Fsp3) is 0.538. The molecule has 0 spiro atoms. The lowest BCUT2D eigenvalue weighted by Crippen LogP contribution is -2.05. The minimum Gasteiger partial charge on any atom is -0.397 e. The molecule has 16 heavy (non-hydrogen) atoms.